The Bertz CT molecular complexity index is 952. The van der Waals surface area contributed by atoms with E-state index in [0.717, 1.165) is 11.1 Å². The maximum Gasteiger partial charge on any atom is 0.311 e. The van der Waals surface area contributed by atoms with Crippen LogP contribution < -0.4 is 10.0 Å². The van der Waals surface area contributed by atoms with Gasteiger partial charge in [0.25, 0.3) is 5.91 Å². The molecule has 0 aliphatic carbocycles. The zero-order chi connectivity index (χ0) is 21.6. The van der Waals surface area contributed by atoms with E-state index in [1.54, 1.807) is 13.8 Å². The lowest BCUT2D eigenvalue weighted by molar-refractivity contribution is -0.152. The molecule has 156 valence electrons. The number of carbonyl (C=O) groups excluding carboxylic acids is 2. The van der Waals surface area contributed by atoms with Gasteiger partial charge in [-0.25, -0.2) is 13.1 Å². The fourth-order valence-electron chi connectivity index (χ4n) is 2.50. The average Bonchev–Trinajstić information content (AvgIpc) is 2.63. The number of rotatable bonds is 8. The van der Waals surface area contributed by atoms with Gasteiger partial charge in [-0.05, 0) is 57.5 Å². The minimum absolute atomic E-state index is 0.0767. The minimum atomic E-state index is -3.60. The number of hydrogen-bond acceptors (Lipinski definition) is 5. The number of nitrogens with one attached hydrogen (secondary N) is 2. The normalized spacial score (nSPS) is 12.4. The number of hydrogen-bond donors (Lipinski definition) is 2. The zero-order valence-corrected chi connectivity index (χ0v) is 17.7. The molecule has 0 unspecified atom stereocenters. The predicted molar refractivity (Wildman–Crippen MR) is 111 cm³/mol. The number of sulfonamides is 1. The molecule has 0 bridgehead atoms. The molecular formula is C21H26N2O5S. The van der Waals surface area contributed by atoms with Crippen LogP contribution in [0.25, 0.3) is 0 Å². The summed E-state index contributed by atoms with van der Waals surface area (Å²) < 4.78 is 31.9. The van der Waals surface area contributed by atoms with Gasteiger partial charge in [0, 0.05) is 11.7 Å². The first-order chi connectivity index (χ1) is 13.6. The first-order valence-electron chi connectivity index (χ1n) is 9.25. The van der Waals surface area contributed by atoms with Gasteiger partial charge in [-0.3, -0.25) is 9.59 Å². The lowest BCUT2D eigenvalue weighted by Gasteiger charge is -2.14. The molecule has 2 aromatic carbocycles. The second kappa shape index (κ2) is 9.67. The smallest absolute Gasteiger partial charge is 0.311 e. The largest absolute Gasteiger partial charge is 0.452 e. The molecule has 0 heterocycles. The molecule has 0 fully saturated rings. The first-order valence-corrected chi connectivity index (χ1v) is 10.7. The summed E-state index contributed by atoms with van der Waals surface area (Å²) in [4.78, 5) is 24.4. The van der Waals surface area contributed by atoms with E-state index in [1.165, 1.54) is 31.2 Å². The third kappa shape index (κ3) is 6.99. The molecule has 1 atom stereocenters. The molecular weight excluding hydrogens is 392 g/mol. The highest BCUT2D eigenvalue weighted by atomic mass is 32.2. The van der Waals surface area contributed by atoms with Crippen molar-refractivity contribution in [3.63, 3.8) is 0 Å². The molecule has 2 aromatic rings. The van der Waals surface area contributed by atoms with Crippen LogP contribution in [-0.2, 0) is 30.8 Å². The Morgan fingerprint density at radius 1 is 0.966 bits per heavy atom. The Balaban J connectivity index is 1.91. The summed E-state index contributed by atoms with van der Waals surface area (Å²) in [5, 5.41) is 2.61. The van der Waals surface area contributed by atoms with E-state index in [1.807, 2.05) is 31.2 Å². The summed E-state index contributed by atoms with van der Waals surface area (Å²) in [6.45, 7) is 6.90. The Labute approximate surface area is 171 Å². The molecule has 0 aliphatic rings. The molecule has 29 heavy (non-hydrogen) atoms. The van der Waals surface area contributed by atoms with E-state index in [-0.39, 0.29) is 17.4 Å². The summed E-state index contributed by atoms with van der Waals surface area (Å²) in [7, 11) is -3.60. The Kier molecular flexibility index (Phi) is 7.53. The number of aryl methyl sites for hydroxylation is 1. The Morgan fingerprint density at radius 2 is 1.55 bits per heavy atom. The van der Waals surface area contributed by atoms with Gasteiger partial charge >= 0.3 is 5.97 Å². The highest BCUT2D eigenvalue weighted by Gasteiger charge is 2.19. The third-order valence-electron chi connectivity index (χ3n) is 3.97. The second-order valence-electron chi connectivity index (χ2n) is 7.08. The number of esters is 1. The van der Waals surface area contributed by atoms with E-state index >= 15 is 0 Å². The Hall–Kier alpha value is -2.71. The lowest BCUT2D eigenvalue weighted by atomic mass is 10.1. The van der Waals surface area contributed by atoms with E-state index in [0.29, 0.717) is 5.69 Å². The summed E-state index contributed by atoms with van der Waals surface area (Å²) in [6, 6.07) is 13.0. The highest BCUT2D eigenvalue weighted by Crippen LogP contribution is 2.15. The van der Waals surface area contributed by atoms with Gasteiger partial charge in [0.15, 0.2) is 6.10 Å². The molecule has 7 nitrogen and oxygen atoms in total. The fraction of sp³-hybridized carbons (Fsp3) is 0.333. The van der Waals surface area contributed by atoms with Crippen LogP contribution >= 0.6 is 0 Å². The van der Waals surface area contributed by atoms with Crippen LogP contribution in [0.15, 0.2) is 53.4 Å². The molecule has 2 rings (SSSR count). The van der Waals surface area contributed by atoms with Crippen molar-refractivity contribution in [2.45, 2.75) is 51.2 Å². The van der Waals surface area contributed by atoms with Crippen molar-refractivity contribution >= 4 is 27.6 Å². The van der Waals surface area contributed by atoms with Crippen LogP contribution in [-0.4, -0.2) is 32.4 Å². The molecule has 2 N–H and O–H groups in total. The van der Waals surface area contributed by atoms with Crippen LogP contribution in [0.4, 0.5) is 5.69 Å². The van der Waals surface area contributed by atoms with Crippen molar-refractivity contribution in [2.24, 2.45) is 0 Å². The van der Waals surface area contributed by atoms with Crippen molar-refractivity contribution < 1.29 is 22.7 Å². The second-order valence-corrected chi connectivity index (χ2v) is 8.80. The quantitative estimate of drug-likeness (QED) is 0.642. The monoisotopic (exact) mass is 418 g/mol. The molecule has 8 heteroatoms. The number of carbonyl (C=O) groups is 2. The highest BCUT2D eigenvalue weighted by molar-refractivity contribution is 7.89. The summed E-state index contributed by atoms with van der Waals surface area (Å²) in [5.41, 5.74) is 2.30. The standard InChI is InChI=1S/C21H26N2O5S/c1-14(2)23-29(26,27)19-11-9-18(10-12-19)22-21(25)16(4)28-20(24)13-17-7-5-15(3)6-8-17/h5-12,14,16,23H,13H2,1-4H3,(H,22,25)/t16-/m1/s1. The van der Waals surface area contributed by atoms with E-state index in [4.69, 9.17) is 4.74 Å². The van der Waals surface area contributed by atoms with Gasteiger partial charge in [0.2, 0.25) is 10.0 Å². The minimum Gasteiger partial charge on any atom is -0.452 e. The molecule has 0 spiro atoms. The van der Waals surface area contributed by atoms with Crippen molar-refractivity contribution in [3.05, 3.63) is 59.7 Å². The van der Waals surface area contributed by atoms with Crippen LogP contribution in [0, 0.1) is 6.92 Å². The number of anilines is 1. The molecule has 1 amide bonds. The first kappa shape index (κ1) is 22.6. The predicted octanol–water partition coefficient (Wildman–Crippen LogP) is 2.79. The number of amides is 1. The van der Waals surface area contributed by atoms with Crippen LogP contribution in [0.1, 0.15) is 31.9 Å². The van der Waals surface area contributed by atoms with Gasteiger partial charge in [-0.1, -0.05) is 29.8 Å². The van der Waals surface area contributed by atoms with E-state index < -0.39 is 28.0 Å². The van der Waals surface area contributed by atoms with Crippen LogP contribution in [0.2, 0.25) is 0 Å². The van der Waals surface area contributed by atoms with E-state index in [9.17, 15) is 18.0 Å². The Morgan fingerprint density at radius 3 is 2.10 bits per heavy atom. The van der Waals surface area contributed by atoms with Gasteiger partial charge in [-0.15, -0.1) is 0 Å². The molecule has 0 saturated carbocycles. The summed E-state index contributed by atoms with van der Waals surface area (Å²) in [6.07, 6.45) is -0.910. The number of ether oxygens (including phenoxy) is 1. The lowest BCUT2D eigenvalue weighted by Crippen LogP contribution is -2.31. The summed E-state index contributed by atoms with van der Waals surface area (Å²) in [5.74, 6) is -1.00. The summed E-state index contributed by atoms with van der Waals surface area (Å²) >= 11 is 0. The van der Waals surface area contributed by atoms with Crippen molar-refractivity contribution in [3.8, 4) is 0 Å². The zero-order valence-electron chi connectivity index (χ0n) is 16.9. The van der Waals surface area contributed by atoms with Gasteiger partial charge < -0.3 is 10.1 Å². The van der Waals surface area contributed by atoms with Gasteiger partial charge in [-0.2, -0.15) is 0 Å². The molecule has 0 radical (unpaired) electrons. The van der Waals surface area contributed by atoms with Gasteiger partial charge in [0.1, 0.15) is 0 Å². The van der Waals surface area contributed by atoms with Crippen molar-refractivity contribution in [2.75, 3.05) is 5.32 Å². The third-order valence-corrected chi connectivity index (χ3v) is 5.64. The van der Waals surface area contributed by atoms with Crippen LogP contribution in [0.3, 0.4) is 0 Å². The molecule has 0 saturated heterocycles. The molecule has 0 aromatic heterocycles. The van der Waals surface area contributed by atoms with Gasteiger partial charge in [0.05, 0.1) is 11.3 Å². The maximum absolute atomic E-state index is 12.3. The van der Waals surface area contributed by atoms with Crippen LogP contribution in [0.5, 0.6) is 0 Å². The average molecular weight is 419 g/mol. The molecule has 0 aliphatic heterocycles. The SMILES string of the molecule is Cc1ccc(CC(=O)O[C@H](C)C(=O)Nc2ccc(S(=O)(=O)NC(C)C)cc2)cc1. The van der Waals surface area contributed by atoms with Crippen molar-refractivity contribution in [1.82, 2.24) is 4.72 Å². The maximum atomic E-state index is 12.3. The van der Waals surface area contributed by atoms with E-state index in [2.05, 4.69) is 10.0 Å². The van der Waals surface area contributed by atoms with Crippen molar-refractivity contribution in [1.29, 1.82) is 0 Å². The number of benzene rings is 2. The fourth-order valence-corrected chi connectivity index (χ4v) is 3.76. The topological polar surface area (TPSA) is 102 Å².